The van der Waals surface area contributed by atoms with E-state index < -0.39 is 5.97 Å². The second-order valence-electron chi connectivity index (χ2n) is 8.44. The smallest absolute Gasteiger partial charge is 0.303 e. The molecule has 0 aromatic heterocycles. The summed E-state index contributed by atoms with van der Waals surface area (Å²) < 4.78 is 0. The monoisotopic (exact) mass is 430 g/mol. The second-order valence-corrected chi connectivity index (χ2v) is 8.44. The Bertz CT molecular complexity index is 534. The number of carboxylic acids is 1. The summed E-state index contributed by atoms with van der Waals surface area (Å²) >= 11 is 0. The van der Waals surface area contributed by atoms with Gasteiger partial charge in [-0.15, -0.1) is 0 Å². The number of hydrogen-bond acceptors (Lipinski definition) is 1. The largest absolute Gasteiger partial charge is 0.481 e. The van der Waals surface area contributed by atoms with E-state index >= 15 is 0 Å². The maximum absolute atomic E-state index is 9.94. The van der Waals surface area contributed by atoms with Gasteiger partial charge in [-0.1, -0.05) is 102 Å². The van der Waals surface area contributed by atoms with Crippen molar-refractivity contribution < 1.29 is 9.90 Å². The molecule has 1 aromatic rings. The van der Waals surface area contributed by atoms with Crippen LogP contribution in [0.1, 0.15) is 105 Å². The molecule has 0 unspecified atom stereocenters. The van der Waals surface area contributed by atoms with Gasteiger partial charge in [-0.2, -0.15) is 0 Å². The fourth-order valence-corrected chi connectivity index (χ4v) is 3.05. The van der Waals surface area contributed by atoms with E-state index in [9.17, 15) is 4.79 Å². The Hall–Kier alpha value is -1.83. The lowest BCUT2D eigenvalue weighted by Crippen LogP contribution is -1.92. The zero-order valence-corrected chi connectivity index (χ0v) is 21.3. The van der Waals surface area contributed by atoms with Crippen LogP contribution in [-0.4, -0.2) is 11.1 Å². The van der Waals surface area contributed by atoms with Crippen LogP contribution in [0.5, 0.6) is 0 Å². The molecule has 0 aliphatic heterocycles. The number of benzene rings is 1. The number of aryl methyl sites for hydroxylation is 1. The summed E-state index contributed by atoms with van der Waals surface area (Å²) in [5, 5.41) is 8.19. The Kier molecular flexibility index (Phi) is 24.7. The van der Waals surface area contributed by atoms with Crippen LogP contribution in [0.4, 0.5) is 0 Å². The summed E-state index contributed by atoms with van der Waals surface area (Å²) in [6.07, 6.45) is 20.2. The number of rotatable bonds is 9. The van der Waals surface area contributed by atoms with Crippen LogP contribution in [0.25, 0.3) is 0 Å². The second kappa shape index (κ2) is 24.4. The predicted octanol–water partition coefficient (Wildman–Crippen LogP) is 9.26. The molecule has 178 valence electrons. The highest BCUT2D eigenvalue weighted by molar-refractivity contribution is 5.66. The van der Waals surface area contributed by atoms with Crippen molar-refractivity contribution in [1.29, 1.82) is 0 Å². The SMILES string of the molecule is C(=C\C1CCCC1)/CCCc1ccccc1.C/C=C\CCCC(=O)O.CC.CC(C)C. The molecule has 1 N–H and O–H groups in total. The predicted molar refractivity (Wildman–Crippen MR) is 139 cm³/mol. The van der Waals surface area contributed by atoms with Crippen molar-refractivity contribution in [3.05, 3.63) is 60.2 Å². The molecule has 2 nitrogen and oxygen atoms in total. The summed E-state index contributed by atoms with van der Waals surface area (Å²) in [6.45, 7) is 12.4. The summed E-state index contributed by atoms with van der Waals surface area (Å²) in [7, 11) is 0. The van der Waals surface area contributed by atoms with E-state index in [-0.39, 0.29) is 6.42 Å². The summed E-state index contributed by atoms with van der Waals surface area (Å²) in [4.78, 5) is 9.94. The minimum atomic E-state index is -0.709. The first-order valence-electron chi connectivity index (χ1n) is 12.5. The number of carboxylic acid groups (broad SMARTS) is 1. The van der Waals surface area contributed by atoms with Crippen molar-refractivity contribution in [3.8, 4) is 0 Å². The van der Waals surface area contributed by atoms with Crippen molar-refractivity contribution in [2.45, 2.75) is 106 Å². The van der Waals surface area contributed by atoms with Crippen LogP contribution in [0.15, 0.2) is 54.6 Å². The lowest BCUT2D eigenvalue weighted by atomic mass is 10.1. The van der Waals surface area contributed by atoms with Crippen LogP contribution in [0, 0.1) is 11.8 Å². The van der Waals surface area contributed by atoms with E-state index in [0.717, 1.165) is 24.7 Å². The van der Waals surface area contributed by atoms with Gasteiger partial charge < -0.3 is 5.11 Å². The molecule has 0 radical (unpaired) electrons. The van der Waals surface area contributed by atoms with E-state index in [4.69, 9.17) is 5.11 Å². The van der Waals surface area contributed by atoms with Gasteiger partial charge in [0.15, 0.2) is 0 Å². The van der Waals surface area contributed by atoms with Crippen LogP contribution in [0.2, 0.25) is 0 Å². The van der Waals surface area contributed by atoms with Gasteiger partial charge in [0.1, 0.15) is 0 Å². The Morgan fingerprint density at radius 1 is 1.00 bits per heavy atom. The molecule has 0 bridgehead atoms. The fraction of sp³-hybridized carbons (Fsp3) is 0.621. The van der Waals surface area contributed by atoms with Gasteiger partial charge >= 0.3 is 5.97 Å². The lowest BCUT2D eigenvalue weighted by molar-refractivity contribution is -0.137. The molecule has 0 atom stereocenters. The molecule has 0 amide bonds. The molecule has 1 fully saturated rings. The third kappa shape index (κ3) is 26.1. The summed E-state index contributed by atoms with van der Waals surface area (Å²) in [6, 6.07) is 10.8. The number of hydrogen-bond donors (Lipinski definition) is 1. The van der Waals surface area contributed by atoms with E-state index in [0.29, 0.717) is 0 Å². The minimum Gasteiger partial charge on any atom is -0.481 e. The number of allylic oxidation sites excluding steroid dienone is 4. The minimum absolute atomic E-state index is 0.282. The van der Waals surface area contributed by atoms with E-state index in [1.165, 1.54) is 50.5 Å². The van der Waals surface area contributed by atoms with Gasteiger partial charge in [0.25, 0.3) is 0 Å². The van der Waals surface area contributed by atoms with Crippen molar-refractivity contribution in [3.63, 3.8) is 0 Å². The van der Waals surface area contributed by atoms with Gasteiger partial charge in [0.2, 0.25) is 0 Å². The lowest BCUT2D eigenvalue weighted by Gasteiger charge is -2.01. The molecular formula is C29H50O2. The fourth-order valence-electron chi connectivity index (χ4n) is 3.05. The molecule has 1 aliphatic carbocycles. The van der Waals surface area contributed by atoms with Gasteiger partial charge in [-0.3, -0.25) is 4.79 Å². The average molecular weight is 431 g/mol. The molecular weight excluding hydrogens is 380 g/mol. The number of aliphatic carboxylic acids is 1. The third-order valence-electron chi connectivity index (χ3n) is 4.48. The van der Waals surface area contributed by atoms with Gasteiger partial charge in [0, 0.05) is 6.42 Å². The molecule has 1 saturated carbocycles. The van der Waals surface area contributed by atoms with Crippen molar-refractivity contribution in [2.75, 3.05) is 0 Å². The molecule has 2 rings (SSSR count). The topological polar surface area (TPSA) is 37.3 Å². The van der Waals surface area contributed by atoms with Crippen LogP contribution < -0.4 is 0 Å². The van der Waals surface area contributed by atoms with E-state index in [1.807, 2.05) is 32.9 Å². The molecule has 2 heteroatoms. The Labute approximate surface area is 193 Å². The van der Waals surface area contributed by atoms with Crippen molar-refractivity contribution >= 4 is 5.97 Å². The molecule has 1 aromatic carbocycles. The standard InChI is InChI=1S/C16H22.C7H12O2.C4H10.C2H6/c1-3-9-15(10-4-1)11-5-2-6-12-16-13-7-8-14-16;1-2-3-4-5-6-7(8)9;1-4(2)3;1-2/h1,3-4,6,9-10,12,16H,2,5,7-8,11,13-14H2;2-3H,4-6H2,1H3,(H,8,9);4H,1-3H3;1-2H3/b12-6+;3-2-;;. The summed E-state index contributed by atoms with van der Waals surface area (Å²) in [5.41, 5.74) is 1.47. The highest BCUT2D eigenvalue weighted by Crippen LogP contribution is 2.25. The zero-order valence-electron chi connectivity index (χ0n) is 21.3. The zero-order chi connectivity index (χ0) is 23.7. The van der Waals surface area contributed by atoms with E-state index in [1.54, 1.807) is 0 Å². The molecule has 0 heterocycles. The average Bonchev–Trinajstić information content (AvgIpc) is 3.27. The maximum Gasteiger partial charge on any atom is 0.303 e. The Balaban J connectivity index is 0. The van der Waals surface area contributed by atoms with Gasteiger partial charge in [-0.05, 0) is 69.3 Å². The molecule has 0 saturated heterocycles. The number of unbranched alkanes of at least 4 members (excludes halogenated alkanes) is 2. The van der Waals surface area contributed by atoms with Crippen LogP contribution in [0.3, 0.4) is 0 Å². The van der Waals surface area contributed by atoms with Crippen molar-refractivity contribution in [1.82, 2.24) is 0 Å². The van der Waals surface area contributed by atoms with Crippen LogP contribution >= 0.6 is 0 Å². The highest BCUT2D eigenvalue weighted by Gasteiger charge is 2.10. The summed E-state index contributed by atoms with van der Waals surface area (Å²) in [5.74, 6) is 1.02. The van der Waals surface area contributed by atoms with E-state index in [2.05, 4.69) is 63.3 Å². The van der Waals surface area contributed by atoms with Gasteiger partial charge in [0.05, 0.1) is 0 Å². The Morgan fingerprint density at radius 2 is 1.55 bits per heavy atom. The highest BCUT2D eigenvalue weighted by atomic mass is 16.4. The first-order chi connectivity index (χ1) is 15.0. The molecule has 0 spiro atoms. The van der Waals surface area contributed by atoms with Crippen molar-refractivity contribution in [2.24, 2.45) is 11.8 Å². The number of carbonyl (C=O) groups is 1. The van der Waals surface area contributed by atoms with Gasteiger partial charge in [-0.25, -0.2) is 0 Å². The first-order valence-corrected chi connectivity index (χ1v) is 12.5. The quantitative estimate of drug-likeness (QED) is 0.313. The third-order valence-corrected chi connectivity index (χ3v) is 4.48. The maximum atomic E-state index is 9.94. The molecule has 31 heavy (non-hydrogen) atoms. The molecule has 1 aliphatic rings. The normalized spacial score (nSPS) is 13.3. The Morgan fingerprint density at radius 3 is 2.06 bits per heavy atom. The van der Waals surface area contributed by atoms with Crippen LogP contribution in [-0.2, 0) is 11.2 Å². The first kappa shape index (κ1) is 31.4.